The van der Waals surface area contributed by atoms with Gasteiger partial charge in [-0.05, 0) is 84.6 Å². The van der Waals surface area contributed by atoms with Gasteiger partial charge in [0.2, 0.25) is 5.91 Å². The molecular formula is C34H101N15O7. The molecule has 0 spiro atoms. The Kier molecular flexibility index (Phi) is 282. The molecule has 0 unspecified atom stereocenters. The van der Waals surface area contributed by atoms with Crippen molar-refractivity contribution in [2.24, 2.45) is 68.8 Å². The maximum Gasteiger partial charge on any atom is 0.352 e. The van der Waals surface area contributed by atoms with Gasteiger partial charge in [-0.1, -0.05) is 62.8 Å². The number of hydrogen-bond acceptors (Lipinski definition) is 19. The second kappa shape index (κ2) is 151. The number of imide groups is 2. The highest BCUT2D eigenvalue weighted by Crippen LogP contribution is 2.11. The van der Waals surface area contributed by atoms with Crippen molar-refractivity contribution in [1.29, 1.82) is 0 Å². The quantitative estimate of drug-likeness (QED) is 0.125. The third kappa shape index (κ3) is 92.9. The third-order valence-electron chi connectivity index (χ3n) is 3.09. The molecule has 0 aliphatic carbocycles. The van der Waals surface area contributed by atoms with Crippen molar-refractivity contribution in [3.8, 4) is 0 Å². The summed E-state index contributed by atoms with van der Waals surface area (Å²) in [5.74, 6) is -3.81. The highest BCUT2D eigenvalue weighted by Gasteiger charge is 2.32. The maximum absolute atomic E-state index is 11.5. The maximum atomic E-state index is 11.5. The van der Waals surface area contributed by atoms with Gasteiger partial charge in [0.25, 0.3) is 23.6 Å². The van der Waals surface area contributed by atoms with E-state index >= 15 is 0 Å². The second-order valence-electron chi connectivity index (χ2n) is 4.73. The number of nitrogens with two attached hydrogens (primary N) is 12. The smallest absolute Gasteiger partial charge is 0.345 e. The fraction of sp³-hybridized carbons (Fsp3) is 0.765. The number of rotatable bonds is 6. The molecule has 0 radical (unpaired) electrons. The van der Waals surface area contributed by atoms with Crippen molar-refractivity contribution < 1.29 is 33.6 Å². The predicted molar refractivity (Wildman–Crippen MR) is 244 cm³/mol. The van der Waals surface area contributed by atoms with Crippen LogP contribution in [0.2, 0.25) is 0 Å². The normalized spacial score (nSPS) is 8.79. The summed E-state index contributed by atoms with van der Waals surface area (Å²) in [6.45, 7) is 15.3. The second-order valence-corrected chi connectivity index (χ2v) is 4.73. The number of amides is 5. The minimum Gasteiger partial charge on any atom is -0.345 e. The van der Waals surface area contributed by atoms with Gasteiger partial charge in [0.1, 0.15) is 6.54 Å². The fourth-order valence-electron chi connectivity index (χ4n) is 1.92. The monoisotopic (exact) mass is 832 g/mol. The van der Waals surface area contributed by atoms with Crippen LogP contribution in [0.15, 0.2) is 12.2 Å². The molecule has 0 atom stereocenters. The SMILES string of the molecule is C.CC.CC.CC.CC.CN.CN.CN.CN.CN.CN.CN.CN.CN.CN.CN.CN.O=C(CCN1C(=O)C=CC1=O)NCC(=O)ON1C(=O)CCC1=O. The molecule has 56 heavy (non-hydrogen) atoms. The zero-order chi connectivity index (χ0) is 49.0. The van der Waals surface area contributed by atoms with Crippen LogP contribution in [0.3, 0.4) is 0 Å². The summed E-state index contributed by atoms with van der Waals surface area (Å²) in [7, 11) is 18.0. The Morgan fingerprint density at radius 3 is 0.982 bits per heavy atom. The van der Waals surface area contributed by atoms with E-state index in [9.17, 15) is 28.8 Å². The molecule has 0 aromatic carbocycles. The summed E-state index contributed by atoms with van der Waals surface area (Å²) in [4.78, 5) is 73.4. The molecular weight excluding hydrogens is 730 g/mol. The molecule has 0 saturated carbocycles. The third-order valence-corrected chi connectivity index (χ3v) is 3.09. The van der Waals surface area contributed by atoms with E-state index in [1.54, 1.807) is 0 Å². The van der Waals surface area contributed by atoms with Gasteiger partial charge in [-0.25, -0.2) is 4.79 Å². The summed E-state index contributed by atoms with van der Waals surface area (Å²) in [6.07, 6.45) is 1.96. The van der Waals surface area contributed by atoms with Crippen LogP contribution in [0.25, 0.3) is 0 Å². The van der Waals surface area contributed by atoms with Crippen molar-refractivity contribution >= 4 is 35.5 Å². The number of carbonyl (C=O) groups excluding carboxylic acids is 6. The van der Waals surface area contributed by atoms with Gasteiger partial charge in [0.15, 0.2) is 0 Å². The summed E-state index contributed by atoms with van der Waals surface area (Å²) in [6, 6.07) is 0. The molecule has 0 aromatic rings. The Hall–Kier alpha value is -3.52. The first kappa shape index (κ1) is 105. The van der Waals surface area contributed by atoms with Gasteiger partial charge >= 0.3 is 5.97 Å². The standard InChI is InChI=1S/C13H13N3O7.4C2H6.12CH5N.CH4/c17-8(5-6-15-9(18)1-2-10(15)19)14-7-13(22)23-16-11(20)3-4-12(16)21;16*1-2;/h1-2H,3-7H2,(H,14,17);4*1-2H3;12*2H2,1H3;1H4. The van der Waals surface area contributed by atoms with Crippen LogP contribution in [0, 0.1) is 0 Å². The van der Waals surface area contributed by atoms with Crippen molar-refractivity contribution in [3.05, 3.63) is 12.2 Å². The number of carbonyl (C=O) groups is 6. The van der Waals surface area contributed by atoms with Crippen molar-refractivity contribution in [1.82, 2.24) is 15.3 Å². The van der Waals surface area contributed by atoms with Crippen LogP contribution >= 0.6 is 0 Å². The van der Waals surface area contributed by atoms with Crippen LogP contribution in [0.5, 0.6) is 0 Å². The van der Waals surface area contributed by atoms with Crippen LogP contribution in [0.4, 0.5) is 0 Å². The number of nitrogens with zero attached hydrogens (tertiary/aromatic N) is 2. The van der Waals surface area contributed by atoms with Crippen LogP contribution in [-0.2, 0) is 33.6 Å². The van der Waals surface area contributed by atoms with E-state index in [4.69, 9.17) is 0 Å². The number of hydroxylamine groups is 2. The zero-order valence-electron chi connectivity index (χ0n) is 38.9. The molecule has 1 fully saturated rings. The Balaban J connectivity index is -0.0000000292. The Morgan fingerprint density at radius 2 is 0.750 bits per heavy atom. The molecule has 2 aliphatic heterocycles. The molecule has 354 valence electrons. The van der Waals surface area contributed by atoms with Crippen LogP contribution < -0.4 is 74.1 Å². The molecule has 2 rings (SSSR count). The topological polar surface area (TPSA) is 442 Å². The van der Waals surface area contributed by atoms with E-state index in [0.29, 0.717) is 5.06 Å². The lowest BCUT2D eigenvalue weighted by Crippen LogP contribution is -2.39. The Morgan fingerprint density at radius 1 is 0.518 bits per heavy atom. The minimum atomic E-state index is -0.975. The summed E-state index contributed by atoms with van der Waals surface area (Å²) < 4.78 is 0. The first-order valence-corrected chi connectivity index (χ1v) is 17.7. The van der Waals surface area contributed by atoms with E-state index in [1.807, 2.05) is 55.4 Å². The average molecular weight is 832 g/mol. The molecule has 22 nitrogen and oxygen atoms in total. The first-order valence-electron chi connectivity index (χ1n) is 17.7. The van der Waals surface area contributed by atoms with Gasteiger partial charge in [0.05, 0.1) is 0 Å². The van der Waals surface area contributed by atoms with E-state index in [1.165, 1.54) is 84.6 Å². The molecule has 0 bridgehead atoms. The fourth-order valence-corrected chi connectivity index (χ4v) is 1.92. The van der Waals surface area contributed by atoms with Crippen LogP contribution in [-0.4, -0.2) is 143 Å². The molecule has 25 N–H and O–H groups in total. The lowest BCUT2D eigenvalue weighted by molar-refractivity contribution is -0.196. The van der Waals surface area contributed by atoms with Crippen molar-refractivity contribution in [3.63, 3.8) is 0 Å². The zero-order valence-corrected chi connectivity index (χ0v) is 38.9. The van der Waals surface area contributed by atoms with Crippen molar-refractivity contribution in [2.45, 2.75) is 82.1 Å². The molecule has 1 saturated heterocycles. The summed E-state index contributed by atoms with van der Waals surface area (Å²) in [5, 5.41) is 2.58. The lowest BCUT2D eigenvalue weighted by Gasteiger charge is -2.14. The molecule has 22 heteroatoms. The highest BCUT2D eigenvalue weighted by atomic mass is 16.7. The molecule has 2 aliphatic rings. The minimum absolute atomic E-state index is 0. The lowest BCUT2D eigenvalue weighted by atomic mass is 10.3. The van der Waals surface area contributed by atoms with Gasteiger partial charge < -0.3 is 79.0 Å². The summed E-state index contributed by atoms with van der Waals surface area (Å²) in [5.41, 5.74) is 54.0. The average Bonchev–Trinajstić information content (AvgIpc) is 3.83. The predicted octanol–water partition coefficient (Wildman–Crippen LogP) is -2.34. The van der Waals surface area contributed by atoms with Gasteiger partial charge in [-0.15, -0.1) is 5.06 Å². The van der Waals surface area contributed by atoms with E-state index in [2.05, 4.69) is 79.0 Å². The van der Waals surface area contributed by atoms with Crippen molar-refractivity contribution in [2.75, 3.05) is 97.7 Å². The first-order chi connectivity index (χ1) is 26.9. The van der Waals surface area contributed by atoms with Gasteiger partial charge in [0, 0.05) is 38.0 Å². The Bertz CT molecular complexity index is 634. The Labute approximate surface area is 344 Å². The van der Waals surface area contributed by atoms with E-state index < -0.39 is 42.0 Å². The molecule has 2 heterocycles. The van der Waals surface area contributed by atoms with Crippen LogP contribution in [0.1, 0.15) is 82.1 Å². The largest absolute Gasteiger partial charge is 0.352 e. The number of hydrogen-bond donors (Lipinski definition) is 13. The van der Waals surface area contributed by atoms with Gasteiger partial charge in [-0.3, -0.25) is 28.9 Å². The van der Waals surface area contributed by atoms with Gasteiger partial charge in [-0.2, -0.15) is 0 Å². The van der Waals surface area contributed by atoms with E-state index in [0.717, 1.165) is 17.1 Å². The molecule has 5 amide bonds. The highest BCUT2D eigenvalue weighted by molar-refractivity contribution is 6.13. The summed E-state index contributed by atoms with van der Waals surface area (Å²) >= 11 is 0. The number of nitrogens with one attached hydrogen (secondary N) is 1. The molecule has 0 aromatic heterocycles. The van der Waals surface area contributed by atoms with E-state index in [-0.39, 0.29) is 33.2 Å².